The highest BCUT2D eigenvalue weighted by atomic mass is 16.4. The van der Waals surface area contributed by atoms with Crippen molar-refractivity contribution < 1.29 is 14.5 Å². The number of carboxylic acid groups (broad SMARTS) is 1. The molecule has 0 unspecified atom stereocenters. The zero-order chi connectivity index (χ0) is 13.0. The number of benzene rings is 1. The maximum Gasteiger partial charge on any atom is 0.337 e. The molecule has 1 aromatic carbocycles. The fraction of sp³-hybridized carbons (Fsp3) is 0.0714. The molecule has 0 saturated carbocycles. The Morgan fingerprint density at radius 2 is 2.06 bits per heavy atom. The fourth-order valence-electron chi connectivity index (χ4n) is 1.59. The highest BCUT2D eigenvalue weighted by Gasteiger charge is 2.13. The highest BCUT2D eigenvalue weighted by molar-refractivity contribution is 6.13. The van der Waals surface area contributed by atoms with Crippen LogP contribution in [0.4, 0.5) is 0 Å². The van der Waals surface area contributed by atoms with Gasteiger partial charge in [-0.05, 0) is 0 Å². The molecule has 0 aliphatic rings. The molecule has 0 saturated heterocycles. The number of rotatable bonds is 4. The van der Waals surface area contributed by atoms with Crippen molar-refractivity contribution >= 4 is 11.5 Å². The SMILES string of the molecule is C=C(C(=O)O)c1c[n+](Cc2ccccc2)ccn1. The molecule has 0 fully saturated rings. The summed E-state index contributed by atoms with van der Waals surface area (Å²) in [5.74, 6) is -1.06. The van der Waals surface area contributed by atoms with Gasteiger partial charge in [0.25, 0.3) is 0 Å². The normalized spacial score (nSPS) is 10.0. The maximum absolute atomic E-state index is 10.8. The minimum atomic E-state index is -1.06. The summed E-state index contributed by atoms with van der Waals surface area (Å²) >= 11 is 0. The molecule has 1 aromatic heterocycles. The van der Waals surface area contributed by atoms with Gasteiger partial charge >= 0.3 is 5.97 Å². The van der Waals surface area contributed by atoms with Crippen molar-refractivity contribution in [2.45, 2.75) is 6.54 Å². The third-order valence-corrected chi connectivity index (χ3v) is 2.54. The lowest BCUT2D eigenvalue weighted by Crippen LogP contribution is -2.34. The van der Waals surface area contributed by atoms with Gasteiger partial charge in [-0.1, -0.05) is 36.9 Å². The Morgan fingerprint density at radius 3 is 2.72 bits per heavy atom. The molecule has 90 valence electrons. The van der Waals surface area contributed by atoms with Crippen LogP contribution in [0.5, 0.6) is 0 Å². The second-order valence-electron chi connectivity index (χ2n) is 3.88. The summed E-state index contributed by atoms with van der Waals surface area (Å²) in [7, 11) is 0. The van der Waals surface area contributed by atoms with Crippen LogP contribution in [-0.4, -0.2) is 16.1 Å². The van der Waals surface area contributed by atoms with E-state index in [2.05, 4.69) is 11.6 Å². The van der Waals surface area contributed by atoms with Crippen LogP contribution in [0.1, 0.15) is 11.3 Å². The summed E-state index contributed by atoms with van der Waals surface area (Å²) in [6.45, 7) is 4.17. The van der Waals surface area contributed by atoms with Gasteiger partial charge in [0.1, 0.15) is 5.69 Å². The summed E-state index contributed by atoms with van der Waals surface area (Å²) in [6.07, 6.45) is 5.06. The second kappa shape index (κ2) is 5.23. The summed E-state index contributed by atoms with van der Waals surface area (Å²) < 4.78 is 1.88. The van der Waals surface area contributed by atoms with Gasteiger partial charge in [-0.15, -0.1) is 0 Å². The van der Waals surface area contributed by atoms with E-state index in [1.165, 1.54) is 0 Å². The third-order valence-electron chi connectivity index (χ3n) is 2.54. The topological polar surface area (TPSA) is 54.1 Å². The largest absolute Gasteiger partial charge is 0.478 e. The smallest absolute Gasteiger partial charge is 0.337 e. The first kappa shape index (κ1) is 12.0. The number of carbonyl (C=O) groups is 1. The molecule has 0 atom stereocenters. The number of nitrogens with zero attached hydrogens (tertiary/aromatic N) is 2. The minimum Gasteiger partial charge on any atom is -0.478 e. The molecule has 4 nitrogen and oxygen atoms in total. The van der Waals surface area contributed by atoms with Crippen molar-refractivity contribution in [3.63, 3.8) is 0 Å². The predicted molar refractivity (Wildman–Crippen MR) is 66.6 cm³/mol. The zero-order valence-corrected chi connectivity index (χ0v) is 9.78. The van der Waals surface area contributed by atoms with Gasteiger partial charge in [0, 0.05) is 5.56 Å². The van der Waals surface area contributed by atoms with Crippen LogP contribution in [0.15, 0.2) is 55.5 Å². The molecular formula is C14H13N2O2+. The Labute approximate surface area is 105 Å². The van der Waals surface area contributed by atoms with Gasteiger partial charge < -0.3 is 5.11 Å². The number of hydrogen-bond acceptors (Lipinski definition) is 2. The Kier molecular flexibility index (Phi) is 3.48. The average Bonchev–Trinajstić information content (AvgIpc) is 2.39. The second-order valence-corrected chi connectivity index (χ2v) is 3.88. The lowest BCUT2D eigenvalue weighted by Gasteiger charge is -2.00. The first-order valence-corrected chi connectivity index (χ1v) is 5.48. The molecule has 0 spiro atoms. The molecular weight excluding hydrogens is 228 g/mol. The molecule has 2 rings (SSSR count). The molecule has 1 N–H and O–H groups in total. The van der Waals surface area contributed by atoms with Gasteiger partial charge in [-0.25, -0.2) is 9.78 Å². The van der Waals surface area contributed by atoms with E-state index in [4.69, 9.17) is 5.11 Å². The van der Waals surface area contributed by atoms with Crippen molar-refractivity contribution in [3.8, 4) is 0 Å². The fourth-order valence-corrected chi connectivity index (χ4v) is 1.59. The van der Waals surface area contributed by atoms with Crippen molar-refractivity contribution in [3.05, 3.63) is 66.8 Å². The Morgan fingerprint density at radius 1 is 1.33 bits per heavy atom. The van der Waals surface area contributed by atoms with Crippen LogP contribution in [0.25, 0.3) is 5.57 Å². The van der Waals surface area contributed by atoms with E-state index in [-0.39, 0.29) is 5.57 Å². The predicted octanol–water partition coefficient (Wildman–Crippen LogP) is 1.52. The zero-order valence-electron chi connectivity index (χ0n) is 9.78. The molecule has 0 bridgehead atoms. The van der Waals surface area contributed by atoms with Gasteiger partial charge in [0.15, 0.2) is 18.9 Å². The van der Waals surface area contributed by atoms with Crippen LogP contribution >= 0.6 is 0 Å². The van der Waals surface area contributed by atoms with Crippen LogP contribution in [-0.2, 0) is 11.3 Å². The van der Waals surface area contributed by atoms with E-state index in [1.54, 1.807) is 18.6 Å². The number of hydrogen-bond donors (Lipinski definition) is 1. The molecule has 1 heterocycles. The van der Waals surface area contributed by atoms with Crippen LogP contribution in [0.3, 0.4) is 0 Å². The van der Waals surface area contributed by atoms with E-state index < -0.39 is 5.97 Å². The molecule has 0 radical (unpaired) electrons. The van der Waals surface area contributed by atoms with Crippen LogP contribution < -0.4 is 4.57 Å². The minimum absolute atomic E-state index is 0.00240. The van der Waals surface area contributed by atoms with Gasteiger partial charge in [-0.2, -0.15) is 4.57 Å². The lowest BCUT2D eigenvalue weighted by atomic mass is 10.2. The van der Waals surface area contributed by atoms with E-state index in [9.17, 15) is 4.79 Å². The molecule has 2 aromatic rings. The Hall–Kier alpha value is -2.49. The third kappa shape index (κ3) is 2.79. The Bertz CT molecular complexity index is 579. The summed E-state index contributed by atoms with van der Waals surface area (Å²) in [5.41, 5.74) is 1.51. The van der Waals surface area contributed by atoms with Crippen molar-refractivity contribution in [2.75, 3.05) is 0 Å². The molecule has 0 aliphatic carbocycles. The average molecular weight is 241 g/mol. The standard InChI is InChI=1S/C14H12N2O2/c1-11(14(17)18)13-10-16(8-7-15-13)9-12-5-3-2-4-6-12/h2-8,10H,1,9H2/p+1. The van der Waals surface area contributed by atoms with Crippen molar-refractivity contribution in [2.24, 2.45) is 0 Å². The first-order valence-electron chi connectivity index (χ1n) is 5.48. The van der Waals surface area contributed by atoms with Gasteiger partial charge in [0.2, 0.25) is 0 Å². The maximum atomic E-state index is 10.8. The van der Waals surface area contributed by atoms with Crippen LogP contribution in [0, 0.1) is 0 Å². The van der Waals surface area contributed by atoms with E-state index in [0.29, 0.717) is 12.2 Å². The quantitative estimate of drug-likeness (QED) is 0.652. The molecule has 18 heavy (non-hydrogen) atoms. The van der Waals surface area contributed by atoms with Gasteiger partial charge in [-0.3, -0.25) is 0 Å². The first-order chi connectivity index (χ1) is 8.66. The van der Waals surface area contributed by atoms with E-state index >= 15 is 0 Å². The number of aliphatic carboxylic acids is 1. The molecule has 0 amide bonds. The summed E-state index contributed by atoms with van der Waals surface area (Å²) in [5, 5.41) is 8.87. The van der Waals surface area contributed by atoms with Crippen molar-refractivity contribution in [1.29, 1.82) is 0 Å². The Balaban J connectivity index is 2.23. The molecule has 0 aliphatic heterocycles. The lowest BCUT2D eigenvalue weighted by molar-refractivity contribution is -0.689. The highest BCUT2D eigenvalue weighted by Crippen LogP contribution is 2.06. The van der Waals surface area contributed by atoms with E-state index in [1.807, 2.05) is 34.9 Å². The number of carboxylic acids is 1. The van der Waals surface area contributed by atoms with Crippen LogP contribution in [0.2, 0.25) is 0 Å². The van der Waals surface area contributed by atoms with Gasteiger partial charge in [0.05, 0.1) is 11.8 Å². The summed E-state index contributed by atoms with van der Waals surface area (Å²) in [4.78, 5) is 14.8. The summed E-state index contributed by atoms with van der Waals surface area (Å²) in [6, 6.07) is 9.92. The number of aromatic nitrogens is 2. The van der Waals surface area contributed by atoms with Crippen molar-refractivity contribution in [1.82, 2.24) is 4.98 Å². The van der Waals surface area contributed by atoms with E-state index in [0.717, 1.165) is 5.56 Å². The molecule has 4 heteroatoms. The monoisotopic (exact) mass is 241 g/mol.